The normalized spacial score (nSPS) is 17.9. The molecule has 0 aliphatic heterocycles. The topological polar surface area (TPSA) is 35.8 Å². The highest BCUT2D eigenvalue weighted by Gasteiger charge is 2.27. The molecule has 0 unspecified atom stereocenters. The van der Waals surface area contributed by atoms with E-state index in [4.69, 9.17) is 5.26 Å². The Morgan fingerprint density at radius 1 is 1.41 bits per heavy atom. The Balaban J connectivity index is 2.08. The van der Waals surface area contributed by atoms with Crippen LogP contribution in [0.25, 0.3) is 0 Å². The Morgan fingerprint density at radius 2 is 2.12 bits per heavy atom. The molecule has 0 heterocycles. The van der Waals surface area contributed by atoms with Gasteiger partial charge in [0.25, 0.3) is 0 Å². The third-order valence-electron chi connectivity index (χ3n) is 3.60. The molecule has 90 valence electrons. The van der Waals surface area contributed by atoms with Crippen molar-refractivity contribution >= 4 is 0 Å². The monoisotopic (exact) mass is 232 g/mol. The summed E-state index contributed by atoms with van der Waals surface area (Å²) >= 11 is 0. The number of benzene rings is 1. The molecule has 1 aliphatic rings. The zero-order valence-corrected chi connectivity index (χ0v) is 10.1. The van der Waals surface area contributed by atoms with E-state index in [0.29, 0.717) is 12.1 Å². The van der Waals surface area contributed by atoms with Gasteiger partial charge in [0.05, 0.1) is 11.6 Å². The molecule has 17 heavy (non-hydrogen) atoms. The summed E-state index contributed by atoms with van der Waals surface area (Å²) in [6.07, 6.45) is 4.81. The van der Waals surface area contributed by atoms with E-state index in [1.54, 1.807) is 6.07 Å². The predicted octanol–water partition coefficient (Wildman–Crippen LogP) is 3.12. The quantitative estimate of drug-likeness (QED) is 0.869. The van der Waals surface area contributed by atoms with Crippen LogP contribution in [0.3, 0.4) is 0 Å². The Morgan fingerprint density at radius 3 is 2.76 bits per heavy atom. The lowest BCUT2D eigenvalue weighted by Gasteiger charge is -2.25. The number of hydrogen-bond donors (Lipinski definition) is 1. The summed E-state index contributed by atoms with van der Waals surface area (Å²) in [5.74, 6) is -0.280. The summed E-state index contributed by atoms with van der Waals surface area (Å²) < 4.78 is 13.1. The van der Waals surface area contributed by atoms with Crippen LogP contribution in [0, 0.1) is 17.1 Å². The van der Waals surface area contributed by atoms with Crippen molar-refractivity contribution < 1.29 is 4.39 Å². The molecule has 1 N–H and O–H groups in total. The minimum absolute atomic E-state index is 0.152. The molecule has 1 aliphatic carbocycles. The summed E-state index contributed by atoms with van der Waals surface area (Å²) in [5.41, 5.74) is 1.46. The van der Waals surface area contributed by atoms with E-state index < -0.39 is 0 Å². The molecule has 0 radical (unpaired) electrons. The molecular formula is C14H17FN2. The second kappa shape index (κ2) is 4.85. The van der Waals surface area contributed by atoms with E-state index in [1.165, 1.54) is 25.0 Å². The van der Waals surface area contributed by atoms with Crippen LogP contribution in [0.2, 0.25) is 0 Å². The first-order chi connectivity index (χ1) is 8.13. The van der Waals surface area contributed by atoms with Crippen molar-refractivity contribution in [3.63, 3.8) is 0 Å². The van der Waals surface area contributed by atoms with Gasteiger partial charge < -0.3 is 5.32 Å². The molecule has 0 spiro atoms. The summed E-state index contributed by atoms with van der Waals surface area (Å²) in [5, 5.41) is 12.4. The van der Waals surface area contributed by atoms with Crippen LogP contribution >= 0.6 is 0 Å². The van der Waals surface area contributed by atoms with Gasteiger partial charge in [-0.05, 0) is 43.5 Å². The summed E-state index contributed by atoms with van der Waals surface area (Å²) in [6, 6.07) is 6.43. The molecule has 2 rings (SSSR count). The number of nitrogens with zero attached hydrogens (tertiary/aromatic N) is 1. The second-order valence-corrected chi connectivity index (χ2v) is 5.03. The first-order valence-corrected chi connectivity index (χ1v) is 6.06. The fourth-order valence-electron chi connectivity index (χ4n) is 2.46. The lowest BCUT2D eigenvalue weighted by Crippen LogP contribution is -2.38. The average Bonchev–Trinajstić information content (AvgIpc) is 2.74. The average molecular weight is 232 g/mol. The van der Waals surface area contributed by atoms with E-state index in [9.17, 15) is 4.39 Å². The van der Waals surface area contributed by atoms with Crippen molar-refractivity contribution in [1.82, 2.24) is 5.32 Å². The maximum absolute atomic E-state index is 13.1. The Labute approximate surface area is 101 Å². The van der Waals surface area contributed by atoms with Gasteiger partial charge in [-0.25, -0.2) is 4.39 Å². The summed E-state index contributed by atoms with van der Waals surface area (Å²) in [7, 11) is 0. The van der Waals surface area contributed by atoms with Crippen molar-refractivity contribution in [3.05, 3.63) is 35.1 Å². The molecule has 1 aromatic rings. The van der Waals surface area contributed by atoms with Crippen molar-refractivity contribution in [2.75, 3.05) is 0 Å². The third-order valence-corrected chi connectivity index (χ3v) is 3.60. The van der Waals surface area contributed by atoms with Crippen molar-refractivity contribution in [3.8, 4) is 6.07 Å². The van der Waals surface area contributed by atoms with Crippen LogP contribution in [0.4, 0.5) is 4.39 Å². The van der Waals surface area contributed by atoms with Crippen molar-refractivity contribution in [1.29, 1.82) is 5.26 Å². The van der Waals surface area contributed by atoms with E-state index in [0.717, 1.165) is 18.4 Å². The van der Waals surface area contributed by atoms with Crippen LogP contribution in [0.1, 0.15) is 43.7 Å². The Hall–Kier alpha value is -1.40. The molecule has 0 amide bonds. The highest BCUT2D eigenvalue weighted by Crippen LogP contribution is 2.29. The number of nitriles is 1. The van der Waals surface area contributed by atoms with E-state index >= 15 is 0 Å². The highest BCUT2D eigenvalue weighted by atomic mass is 19.1. The maximum Gasteiger partial charge on any atom is 0.123 e. The van der Waals surface area contributed by atoms with Gasteiger partial charge in [-0.1, -0.05) is 12.8 Å². The van der Waals surface area contributed by atoms with Gasteiger partial charge in [-0.3, -0.25) is 0 Å². The zero-order chi connectivity index (χ0) is 12.3. The minimum Gasteiger partial charge on any atom is -0.307 e. The molecule has 2 nitrogen and oxygen atoms in total. The van der Waals surface area contributed by atoms with E-state index in [2.05, 4.69) is 18.3 Å². The molecule has 3 heteroatoms. The SMILES string of the molecule is CC1(NCc2cc(F)ccc2C#N)CCCC1. The third kappa shape index (κ3) is 2.83. The van der Waals surface area contributed by atoms with Crippen LogP contribution in [-0.2, 0) is 6.54 Å². The van der Waals surface area contributed by atoms with Crippen molar-refractivity contribution in [2.24, 2.45) is 0 Å². The van der Waals surface area contributed by atoms with Gasteiger partial charge in [0.15, 0.2) is 0 Å². The molecule has 1 aromatic carbocycles. The fourth-order valence-corrected chi connectivity index (χ4v) is 2.46. The summed E-state index contributed by atoms with van der Waals surface area (Å²) in [4.78, 5) is 0. The zero-order valence-electron chi connectivity index (χ0n) is 10.1. The van der Waals surface area contributed by atoms with E-state index in [1.807, 2.05) is 0 Å². The molecule has 1 fully saturated rings. The predicted molar refractivity (Wildman–Crippen MR) is 64.8 cm³/mol. The van der Waals surface area contributed by atoms with Gasteiger partial charge in [0.1, 0.15) is 5.82 Å². The summed E-state index contributed by atoms with van der Waals surface area (Å²) in [6.45, 7) is 2.77. The number of hydrogen-bond acceptors (Lipinski definition) is 2. The molecule has 1 saturated carbocycles. The second-order valence-electron chi connectivity index (χ2n) is 5.03. The van der Waals surface area contributed by atoms with Crippen LogP contribution < -0.4 is 5.32 Å². The first kappa shape index (κ1) is 12.1. The minimum atomic E-state index is -0.280. The molecule has 0 saturated heterocycles. The molecule has 0 bridgehead atoms. The smallest absolute Gasteiger partial charge is 0.123 e. The van der Waals surface area contributed by atoms with Gasteiger partial charge >= 0.3 is 0 Å². The maximum atomic E-state index is 13.1. The Kier molecular flexibility index (Phi) is 3.44. The number of halogens is 1. The van der Waals surface area contributed by atoms with E-state index in [-0.39, 0.29) is 11.4 Å². The van der Waals surface area contributed by atoms with Gasteiger partial charge in [-0.15, -0.1) is 0 Å². The van der Waals surface area contributed by atoms with Crippen LogP contribution in [0.15, 0.2) is 18.2 Å². The van der Waals surface area contributed by atoms with Crippen LogP contribution in [0.5, 0.6) is 0 Å². The lowest BCUT2D eigenvalue weighted by molar-refractivity contribution is 0.362. The number of rotatable bonds is 3. The first-order valence-electron chi connectivity index (χ1n) is 6.06. The molecular weight excluding hydrogens is 215 g/mol. The molecule has 0 aromatic heterocycles. The van der Waals surface area contributed by atoms with Crippen molar-refractivity contribution in [2.45, 2.75) is 44.7 Å². The van der Waals surface area contributed by atoms with Crippen LogP contribution in [-0.4, -0.2) is 5.54 Å². The van der Waals surface area contributed by atoms with Gasteiger partial charge in [-0.2, -0.15) is 5.26 Å². The van der Waals surface area contributed by atoms with Gasteiger partial charge in [0.2, 0.25) is 0 Å². The fraction of sp³-hybridized carbons (Fsp3) is 0.500. The standard InChI is InChI=1S/C14H17FN2/c1-14(6-2-3-7-14)17-10-12-8-13(15)5-4-11(12)9-16/h4-5,8,17H,2-3,6-7,10H2,1H3. The lowest BCUT2D eigenvalue weighted by atomic mass is 9.99. The molecule has 0 atom stereocenters. The largest absolute Gasteiger partial charge is 0.307 e. The Bertz CT molecular complexity index is 442. The highest BCUT2D eigenvalue weighted by molar-refractivity contribution is 5.37. The number of nitrogens with one attached hydrogen (secondary N) is 1. The van der Waals surface area contributed by atoms with Gasteiger partial charge in [0, 0.05) is 12.1 Å².